The van der Waals surface area contributed by atoms with Crippen LogP contribution in [0.5, 0.6) is 0 Å². The van der Waals surface area contributed by atoms with Crippen molar-refractivity contribution < 1.29 is 0 Å². The van der Waals surface area contributed by atoms with Crippen molar-refractivity contribution in [2.75, 3.05) is 0 Å². The summed E-state index contributed by atoms with van der Waals surface area (Å²) in [6.45, 7) is 0.566. The monoisotopic (exact) mass is 295 g/mol. The highest BCUT2D eigenvalue weighted by atomic mass is 15.5. The van der Waals surface area contributed by atoms with Crippen LogP contribution in [0.3, 0.4) is 0 Å². The van der Waals surface area contributed by atoms with E-state index in [0.717, 1.165) is 23.7 Å². The van der Waals surface area contributed by atoms with Crippen molar-refractivity contribution >= 4 is 0 Å². The summed E-state index contributed by atoms with van der Waals surface area (Å²) in [6.07, 6.45) is 8.90. The molecule has 2 aromatic rings. The van der Waals surface area contributed by atoms with Gasteiger partial charge in [-0.15, -0.1) is 5.10 Å². The van der Waals surface area contributed by atoms with Crippen molar-refractivity contribution in [2.45, 2.75) is 51.5 Å². The van der Waals surface area contributed by atoms with Crippen molar-refractivity contribution in [3.63, 3.8) is 0 Å². The van der Waals surface area contributed by atoms with Gasteiger partial charge in [0.1, 0.15) is 0 Å². The molecule has 1 heterocycles. The van der Waals surface area contributed by atoms with E-state index in [9.17, 15) is 5.26 Å². The Morgan fingerprint density at radius 1 is 1.18 bits per heavy atom. The van der Waals surface area contributed by atoms with Crippen LogP contribution in [-0.2, 0) is 13.0 Å². The number of aryl methyl sites for hydroxylation is 1. The van der Waals surface area contributed by atoms with Gasteiger partial charge in [-0.05, 0) is 34.4 Å². The summed E-state index contributed by atoms with van der Waals surface area (Å²) in [5.41, 5.74) is 1.66. The minimum absolute atomic E-state index is 0.566. The lowest BCUT2D eigenvalue weighted by molar-refractivity contribution is 0.335. The van der Waals surface area contributed by atoms with Gasteiger partial charge in [0.25, 0.3) is 0 Å². The molecule has 5 heteroatoms. The van der Waals surface area contributed by atoms with Crippen LogP contribution in [0, 0.1) is 17.2 Å². The standard InChI is InChI=1S/C17H21N5/c18-12-15-8-4-5-9-16(15)13-22-17(19-20-21-22)11-10-14-6-2-1-3-7-14/h4-5,8-9,14H,1-3,6-7,10-11,13H2. The molecule has 1 aliphatic carbocycles. The van der Waals surface area contributed by atoms with Crippen LogP contribution in [0.25, 0.3) is 0 Å². The van der Waals surface area contributed by atoms with Gasteiger partial charge >= 0.3 is 0 Å². The first-order valence-electron chi connectivity index (χ1n) is 8.10. The zero-order chi connectivity index (χ0) is 15.2. The summed E-state index contributed by atoms with van der Waals surface area (Å²) >= 11 is 0. The Bertz CT molecular complexity index is 649. The van der Waals surface area contributed by atoms with Crippen LogP contribution < -0.4 is 0 Å². The number of hydrogen-bond acceptors (Lipinski definition) is 4. The molecule has 0 amide bonds. The van der Waals surface area contributed by atoms with E-state index in [2.05, 4.69) is 21.6 Å². The van der Waals surface area contributed by atoms with Crippen LogP contribution >= 0.6 is 0 Å². The largest absolute Gasteiger partial charge is 0.225 e. The Kier molecular flexibility index (Phi) is 4.79. The second-order valence-corrected chi connectivity index (χ2v) is 6.06. The SMILES string of the molecule is N#Cc1ccccc1Cn1nnnc1CCC1CCCCC1. The van der Waals surface area contributed by atoms with E-state index in [4.69, 9.17) is 0 Å². The van der Waals surface area contributed by atoms with Gasteiger partial charge in [-0.1, -0.05) is 50.3 Å². The van der Waals surface area contributed by atoms with E-state index in [0.29, 0.717) is 12.1 Å². The van der Waals surface area contributed by atoms with Crippen LogP contribution in [0.2, 0.25) is 0 Å². The molecule has 0 aliphatic heterocycles. The fourth-order valence-corrected chi connectivity index (χ4v) is 3.26. The summed E-state index contributed by atoms with van der Waals surface area (Å²) in [7, 11) is 0. The molecule has 114 valence electrons. The summed E-state index contributed by atoms with van der Waals surface area (Å²) in [5, 5.41) is 21.3. The van der Waals surface area contributed by atoms with Crippen LogP contribution in [0.1, 0.15) is 55.5 Å². The Balaban J connectivity index is 1.65. The number of nitriles is 1. The molecule has 22 heavy (non-hydrogen) atoms. The molecule has 0 saturated heterocycles. The first kappa shape index (κ1) is 14.7. The molecule has 0 atom stereocenters. The zero-order valence-electron chi connectivity index (χ0n) is 12.8. The van der Waals surface area contributed by atoms with Crippen molar-refractivity contribution in [2.24, 2.45) is 5.92 Å². The van der Waals surface area contributed by atoms with Gasteiger partial charge < -0.3 is 0 Å². The maximum Gasteiger partial charge on any atom is 0.151 e. The molecule has 3 rings (SSSR count). The van der Waals surface area contributed by atoms with Gasteiger partial charge in [-0.25, -0.2) is 4.68 Å². The molecular formula is C17H21N5. The van der Waals surface area contributed by atoms with Crippen LogP contribution in [0.4, 0.5) is 0 Å². The number of aromatic nitrogens is 4. The molecular weight excluding hydrogens is 274 g/mol. The third kappa shape index (κ3) is 3.51. The summed E-state index contributed by atoms with van der Waals surface area (Å²) in [4.78, 5) is 0. The summed E-state index contributed by atoms with van der Waals surface area (Å²) in [5.74, 6) is 1.75. The Morgan fingerprint density at radius 3 is 2.82 bits per heavy atom. The fourth-order valence-electron chi connectivity index (χ4n) is 3.26. The molecule has 1 saturated carbocycles. The fraction of sp³-hybridized carbons (Fsp3) is 0.529. The van der Waals surface area contributed by atoms with Crippen LogP contribution in [-0.4, -0.2) is 20.2 Å². The van der Waals surface area contributed by atoms with Crippen molar-refractivity contribution in [1.29, 1.82) is 5.26 Å². The highest BCUT2D eigenvalue weighted by Gasteiger charge is 2.15. The predicted octanol–water partition coefficient (Wildman–Crippen LogP) is 3.11. The van der Waals surface area contributed by atoms with Gasteiger partial charge in [-0.3, -0.25) is 0 Å². The van der Waals surface area contributed by atoms with Crippen molar-refractivity contribution in [3.8, 4) is 6.07 Å². The first-order chi connectivity index (χ1) is 10.9. The smallest absolute Gasteiger partial charge is 0.151 e. The summed E-state index contributed by atoms with van der Waals surface area (Å²) in [6, 6.07) is 9.85. The highest BCUT2D eigenvalue weighted by Crippen LogP contribution is 2.27. The van der Waals surface area contributed by atoms with E-state index in [-0.39, 0.29) is 0 Å². The van der Waals surface area contributed by atoms with E-state index in [1.54, 1.807) is 0 Å². The lowest BCUT2D eigenvalue weighted by atomic mass is 9.86. The maximum absolute atomic E-state index is 9.18. The molecule has 1 fully saturated rings. The maximum atomic E-state index is 9.18. The lowest BCUT2D eigenvalue weighted by Crippen LogP contribution is -2.12. The van der Waals surface area contributed by atoms with Gasteiger partial charge in [0.05, 0.1) is 18.2 Å². The molecule has 0 unspecified atom stereocenters. The number of nitrogens with zero attached hydrogens (tertiary/aromatic N) is 5. The third-order valence-electron chi connectivity index (χ3n) is 4.56. The topological polar surface area (TPSA) is 67.4 Å². The quantitative estimate of drug-likeness (QED) is 0.850. The van der Waals surface area contributed by atoms with Crippen molar-refractivity contribution in [1.82, 2.24) is 20.2 Å². The Labute approximate surface area is 131 Å². The van der Waals surface area contributed by atoms with Gasteiger partial charge in [0.15, 0.2) is 5.82 Å². The molecule has 1 aromatic heterocycles. The van der Waals surface area contributed by atoms with Crippen molar-refractivity contribution in [3.05, 3.63) is 41.2 Å². The zero-order valence-corrected chi connectivity index (χ0v) is 12.8. The molecule has 0 spiro atoms. The number of hydrogen-bond donors (Lipinski definition) is 0. The van der Waals surface area contributed by atoms with E-state index in [1.807, 2.05) is 28.9 Å². The Morgan fingerprint density at radius 2 is 2.00 bits per heavy atom. The van der Waals surface area contributed by atoms with Gasteiger partial charge in [0, 0.05) is 6.42 Å². The first-order valence-corrected chi connectivity index (χ1v) is 8.10. The number of benzene rings is 1. The molecule has 0 bridgehead atoms. The van der Waals surface area contributed by atoms with Gasteiger partial charge in [-0.2, -0.15) is 5.26 Å². The molecule has 1 aromatic carbocycles. The van der Waals surface area contributed by atoms with E-state index >= 15 is 0 Å². The molecule has 0 radical (unpaired) electrons. The second kappa shape index (κ2) is 7.17. The minimum atomic E-state index is 0.566. The minimum Gasteiger partial charge on any atom is -0.225 e. The van der Waals surface area contributed by atoms with Crippen LogP contribution in [0.15, 0.2) is 24.3 Å². The molecule has 0 N–H and O–H groups in total. The lowest BCUT2D eigenvalue weighted by Gasteiger charge is -2.20. The van der Waals surface area contributed by atoms with E-state index < -0.39 is 0 Å². The van der Waals surface area contributed by atoms with Gasteiger partial charge in [0.2, 0.25) is 0 Å². The Hall–Kier alpha value is -2.22. The third-order valence-corrected chi connectivity index (χ3v) is 4.56. The molecule has 1 aliphatic rings. The number of tetrazole rings is 1. The average Bonchev–Trinajstić information content (AvgIpc) is 3.01. The summed E-state index contributed by atoms with van der Waals surface area (Å²) < 4.78 is 1.83. The highest BCUT2D eigenvalue weighted by molar-refractivity contribution is 5.37. The predicted molar refractivity (Wildman–Crippen MR) is 83.0 cm³/mol. The molecule has 5 nitrogen and oxygen atoms in total. The number of rotatable bonds is 5. The normalized spacial score (nSPS) is 15.6. The second-order valence-electron chi connectivity index (χ2n) is 6.06. The average molecular weight is 295 g/mol. The van der Waals surface area contributed by atoms with E-state index in [1.165, 1.54) is 38.5 Å².